The molecule has 100 valence electrons. The number of methoxy groups -OCH3 is 1. The second kappa shape index (κ2) is 6.03. The molecule has 0 saturated carbocycles. The Labute approximate surface area is 118 Å². The summed E-state index contributed by atoms with van der Waals surface area (Å²) >= 11 is 0. The minimum absolute atomic E-state index is 0.0594. The van der Waals surface area contributed by atoms with Crippen LogP contribution in [0.4, 0.5) is 5.69 Å². The third kappa shape index (κ3) is 3.04. The molecule has 20 heavy (non-hydrogen) atoms. The average Bonchev–Trinajstić information content (AvgIpc) is 2.47. The molecular formula is C17H15NO2. The Balaban J connectivity index is 2.17. The summed E-state index contributed by atoms with van der Waals surface area (Å²) in [6.07, 6.45) is 0.349. The maximum Gasteiger partial charge on any atom is 0.187 e. The third-order valence-corrected chi connectivity index (χ3v) is 3.16. The van der Waals surface area contributed by atoms with Gasteiger partial charge in [-0.15, -0.1) is 0 Å². The highest BCUT2D eigenvalue weighted by molar-refractivity contribution is 5.99. The fraction of sp³-hybridized carbons (Fsp3) is 0.176. The molecule has 2 aromatic rings. The van der Waals surface area contributed by atoms with Crippen molar-refractivity contribution in [2.24, 2.45) is 0 Å². The molecule has 3 heteroatoms. The van der Waals surface area contributed by atoms with E-state index in [0.717, 1.165) is 16.9 Å². The van der Waals surface area contributed by atoms with E-state index in [0.29, 0.717) is 17.7 Å². The molecule has 0 aromatic heterocycles. The highest BCUT2D eigenvalue weighted by Gasteiger charge is 2.10. The van der Waals surface area contributed by atoms with Gasteiger partial charge in [-0.1, -0.05) is 35.9 Å². The van der Waals surface area contributed by atoms with Gasteiger partial charge in [0.2, 0.25) is 0 Å². The van der Waals surface area contributed by atoms with Gasteiger partial charge in [-0.3, -0.25) is 4.79 Å². The number of ether oxygens (including phenoxy) is 1. The molecule has 0 fully saturated rings. The molecule has 0 unspecified atom stereocenters. The number of hydrogen-bond donors (Lipinski definition) is 0. The molecule has 0 heterocycles. The Morgan fingerprint density at radius 3 is 2.45 bits per heavy atom. The Morgan fingerprint density at radius 2 is 1.90 bits per heavy atom. The van der Waals surface area contributed by atoms with Crippen LogP contribution in [0.3, 0.4) is 0 Å². The highest BCUT2D eigenvalue weighted by atomic mass is 16.5. The van der Waals surface area contributed by atoms with Crippen LogP contribution >= 0.6 is 0 Å². The van der Waals surface area contributed by atoms with Crippen LogP contribution in [0.2, 0.25) is 0 Å². The SMILES string of the molecule is [C-]#[N+]c1ccc(C(=O)Cc2ccc(OC)cc2)c(C)c1. The van der Waals surface area contributed by atoms with Crippen molar-refractivity contribution in [3.8, 4) is 5.75 Å². The first-order chi connectivity index (χ1) is 9.63. The maximum absolute atomic E-state index is 12.3. The lowest BCUT2D eigenvalue weighted by molar-refractivity contribution is 0.0992. The first-order valence-corrected chi connectivity index (χ1v) is 6.28. The van der Waals surface area contributed by atoms with Crippen molar-refractivity contribution in [1.82, 2.24) is 0 Å². The predicted octanol–water partition coefficient (Wildman–Crippen LogP) is 3.98. The zero-order valence-corrected chi connectivity index (χ0v) is 11.5. The molecule has 0 radical (unpaired) electrons. The van der Waals surface area contributed by atoms with Gasteiger partial charge in [-0.05, 0) is 24.6 Å². The summed E-state index contributed by atoms with van der Waals surface area (Å²) in [5, 5.41) is 0. The zero-order valence-electron chi connectivity index (χ0n) is 11.5. The standard InChI is InChI=1S/C17H15NO2/c1-12-10-14(18-2)6-9-16(12)17(19)11-13-4-7-15(20-3)8-5-13/h4-10H,11H2,1,3H3. The number of ketones is 1. The van der Waals surface area contributed by atoms with Gasteiger partial charge < -0.3 is 4.74 Å². The van der Waals surface area contributed by atoms with Gasteiger partial charge in [-0.2, -0.15) is 0 Å². The molecule has 3 nitrogen and oxygen atoms in total. The zero-order chi connectivity index (χ0) is 14.5. The van der Waals surface area contributed by atoms with Crippen molar-refractivity contribution < 1.29 is 9.53 Å². The lowest BCUT2D eigenvalue weighted by Crippen LogP contribution is -2.05. The normalized spacial score (nSPS) is 9.85. The third-order valence-electron chi connectivity index (χ3n) is 3.16. The van der Waals surface area contributed by atoms with E-state index in [2.05, 4.69) is 4.85 Å². The van der Waals surface area contributed by atoms with Crippen LogP contribution in [0.15, 0.2) is 42.5 Å². The van der Waals surface area contributed by atoms with Gasteiger partial charge in [0.05, 0.1) is 13.7 Å². The number of nitrogens with zero attached hydrogens (tertiary/aromatic N) is 1. The van der Waals surface area contributed by atoms with Crippen molar-refractivity contribution in [3.63, 3.8) is 0 Å². The van der Waals surface area contributed by atoms with E-state index in [1.165, 1.54) is 0 Å². The molecule has 0 aliphatic carbocycles. The molecule has 0 N–H and O–H groups in total. The molecule has 0 saturated heterocycles. The smallest absolute Gasteiger partial charge is 0.187 e. The van der Waals surface area contributed by atoms with E-state index in [4.69, 9.17) is 11.3 Å². The molecular weight excluding hydrogens is 250 g/mol. The molecule has 0 spiro atoms. The number of Topliss-reactive ketones (excluding diaryl/α,β-unsaturated/α-hetero) is 1. The second-order valence-electron chi connectivity index (χ2n) is 4.56. The van der Waals surface area contributed by atoms with Crippen molar-refractivity contribution in [3.05, 3.63) is 70.6 Å². The molecule has 0 aliphatic rings. The highest BCUT2D eigenvalue weighted by Crippen LogP contribution is 2.20. The van der Waals surface area contributed by atoms with E-state index < -0.39 is 0 Å². The average molecular weight is 265 g/mol. The summed E-state index contributed by atoms with van der Waals surface area (Å²) in [5.74, 6) is 0.836. The lowest BCUT2D eigenvalue weighted by atomic mass is 9.99. The van der Waals surface area contributed by atoms with Crippen LogP contribution in [0.5, 0.6) is 5.75 Å². The number of carbonyl (C=O) groups excluding carboxylic acids is 1. The minimum Gasteiger partial charge on any atom is -0.497 e. The van der Waals surface area contributed by atoms with Crippen molar-refractivity contribution >= 4 is 11.5 Å². The molecule has 2 rings (SSSR count). The van der Waals surface area contributed by atoms with Gasteiger partial charge in [0.1, 0.15) is 5.75 Å². The fourth-order valence-electron chi connectivity index (χ4n) is 2.05. The van der Waals surface area contributed by atoms with Gasteiger partial charge in [0.25, 0.3) is 0 Å². The summed E-state index contributed by atoms with van der Waals surface area (Å²) < 4.78 is 5.09. The Morgan fingerprint density at radius 1 is 1.20 bits per heavy atom. The molecule has 0 atom stereocenters. The van der Waals surface area contributed by atoms with Crippen LogP contribution in [-0.2, 0) is 6.42 Å². The Bertz CT molecular complexity index is 666. The summed E-state index contributed by atoms with van der Waals surface area (Å²) in [4.78, 5) is 15.6. The molecule has 2 aromatic carbocycles. The summed E-state index contributed by atoms with van der Waals surface area (Å²) in [7, 11) is 1.61. The first kappa shape index (κ1) is 13.8. The van der Waals surface area contributed by atoms with E-state index in [9.17, 15) is 4.79 Å². The number of carbonyl (C=O) groups is 1. The fourth-order valence-corrected chi connectivity index (χ4v) is 2.05. The van der Waals surface area contributed by atoms with Gasteiger partial charge >= 0.3 is 0 Å². The monoisotopic (exact) mass is 265 g/mol. The van der Waals surface area contributed by atoms with Crippen LogP contribution in [-0.4, -0.2) is 12.9 Å². The Hall–Kier alpha value is -2.60. The number of hydrogen-bond acceptors (Lipinski definition) is 2. The van der Waals surface area contributed by atoms with Crippen LogP contribution < -0.4 is 4.74 Å². The van der Waals surface area contributed by atoms with Crippen molar-refractivity contribution in [2.45, 2.75) is 13.3 Å². The van der Waals surface area contributed by atoms with E-state index in [1.54, 1.807) is 25.3 Å². The maximum atomic E-state index is 12.3. The Kier molecular flexibility index (Phi) is 4.17. The summed E-state index contributed by atoms with van der Waals surface area (Å²) in [5.41, 5.74) is 3.03. The number of rotatable bonds is 4. The number of benzene rings is 2. The quantitative estimate of drug-likeness (QED) is 0.618. The van der Waals surface area contributed by atoms with Crippen molar-refractivity contribution in [2.75, 3.05) is 7.11 Å². The molecule has 0 amide bonds. The van der Waals surface area contributed by atoms with Crippen LogP contribution in [0.1, 0.15) is 21.5 Å². The molecule has 0 bridgehead atoms. The van der Waals surface area contributed by atoms with E-state index in [-0.39, 0.29) is 5.78 Å². The van der Waals surface area contributed by atoms with E-state index in [1.807, 2.05) is 31.2 Å². The predicted molar refractivity (Wildman–Crippen MR) is 78.5 cm³/mol. The van der Waals surface area contributed by atoms with Crippen molar-refractivity contribution in [1.29, 1.82) is 0 Å². The first-order valence-electron chi connectivity index (χ1n) is 6.28. The molecule has 0 aliphatic heterocycles. The summed E-state index contributed by atoms with van der Waals surface area (Å²) in [6, 6.07) is 12.6. The minimum atomic E-state index is 0.0594. The lowest BCUT2D eigenvalue weighted by Gasteiger charge is -2.06. The van der Waals surface area contributed by atoms with Crippen LogP contribution in [0, 0.1) is 13.5 Å². The van der Waals surface area contributed by atoms with Crippen LogP contribution in [0.25, 0.3) is 4.85 Å². The van der Waals surface area contributed by atoms with E-state index >= 15 is 0 Å². The van der Waals surface area contributed by atoms with Gasteiger partial charge in [0.15, 0.2) is 11.5 Å². The van der Waals surface area contributed by atoms with Gasteiger partial charge in [-0.25, -0.2) is 4.85 Å². The second-order valence-corrected chi connectivity index (χ2v) is 4.56. The number of aryl methyl sites for hydroxylation is 1. The van der Waals surface area contributed by atoms with Gasteiger partial charge in [0, 0.05) is 12.0 Å². The summed E-state index contributed by atoms with van der Waals surface area (Å²) in [6.45, 7) is 8.82. The topological polar surface area (TPSA) is 30.7 Å². The largest absolute Gasteiger partial charge is 0.497 e.